The van der Waals surface area contributed by atoms with Crippen LogP contribution in [0.2, 0.25) is 0 Å². The lowest BCUT2D eigenvalue weighted by Gasteiger charge is -2.12. The molecule has 6 nitrogen and oxygen atoms in total. The lowest BCUT2D eigenvalue weighted by Crippen LogP contribution is -2.24. The van der Waals surface area contributed by atoms with Gasteiger partial charge in [0.1, 0.15) is 0 Å². The first-order valence-electron chi connectivity index (χ1n) is 7.20. The highest BCUT2D eigenvalue weighted by Gasteiger charge is 2.18. The molecule has 118 valence electrons. The van der Waals surface area contributed by atoms with Crippen LogP contribution in [0.1, 0.15) is 25.8 Å². The fourth-order valence-corrected chi connectivity index (χ4v) is 2.79. The number of nitrogens with zero attached hydrogens (tertiary/aromatic N) is 2. The van der Waals surface area contributed by atoms with Crippen molar-refractivity contribution >= 4 is 23.4 Å². The molecule has 1 amide bonds. The van der Waals surface area contributed by atoms with Gasteiger partial charge in [0.25, 0.3) is 0 Å². The molecule has 0 aliphatic rings. The highest BCUT2D eigenvalue weighted by molar-refractivity contribution is 8.00. The maximum absolute atomic E-state index is 12.2. The maximum Gasteiger partial charge on any atom is 0.343 e. The van der Waals surface area contributed by atoms with Crippen molar-refractivity contribution in [2.24, 2.45) is 0 Å². The highest BCUT2D eigenvalue weighted by Crippen LogP contribution is 2.21. The number of thioether (sulfide) groups is 1. The summed E-state index contributed by atoms with van der Waals surface area (Å²) in [5.74, 6) is -0.118. The third-order valence-corrected chi connectivity index (χ3v) is 4.23. The summed E-state index contributed by atoms with van der Waals surface area (Å²) in [4.78, 5) is 23.9. The van der Waals surface area contributed by atoms with Crippen LogP contribution < -0.4 is 11.0 Å². The Kier molecular flexibility index (Phi) is 5.43. The summed E-state index contributed by atoms with van der Waals surface area (Å²) in [6.45, 7) is 6.36. The van der Waals surface area contributed by atoms with Crippen LogP contribution in [0.3, 0.4) is 0 Å². The smallest absolute Gasteiger partial charge is 0.325 e. The predicted molar refractivity (Wildman–Crippen MR) is 88.3 cm³/mol. The van der Waals surface area contributed by atoms with E-state index in [9.17, 15) is 9.59 Å². The summed E-state index contributed by atoms with van der Waals surface area (Å²) in [6.07, 6.45) is 0.830. The molecule has 0 radical (unpaired) electrons. The Morgan fingerprint density at radius 1 is 1.41 bits per heavy atom. The second-order valence-electron chi connectivity index (χ2n) is 5.08. The summed E-state index contributed by atoms with van der Waals surface area (Å²) in [6, 6.07) is 7.62. The molecule has 0 spiro atoms. The Morgan fingerprint density at radius 3 is 2.73 bits per heavy atom. The van der Waals surface area contributed by atoms with Crippen molar-refractivity contribution < 1.29 is 4.79 Å². The normalized spacial score (nSPS) is 12.1. The van der Waals surface area contributed by atoms with Crippen LogP contribution in [-0.4, -0.2) is 25.9 Å². The number of aromatic amines is 1. The van der Waals surface area contributed by atoms with Gasteiger partial charge >= 0.3 is 5.69 Å². The quantitative estimate of drug-likeness (QED) is 0.801. The van der Waals surface area contributed by atoms with E-state index in [1.807, 2.05) is 38.1 Å². The number of carbonyl (C=O) groups is 1. The lowest BCUT2D eigenvalue weighted by atomic mass is 10.2. The van der Waals surface area contributed by atoms with E-state index in [0.717, 1.165) is 17.7 Å². The summed E-state index contributed by atoms with van der Waals surface area (Å²) < 4.78 is 1.56. The molecule has 22 heavy (non-hydrogen) atoms. The molecule has 0 unspecified atom stereocenters. The van der Waals surface area contributed by atoms with Crippen molar-refractivity contribution in [3.8, 4) is 0 Å². The van der Waals surface area contributed by atoms with Gasteiger partial charge in [0.15, 0.2) is 5.16 Å². The number of hydrogen-bond donors (Lipinski definition) is 2. The van der Waals surface area contributed by atoms with Gasteiger partial charge in [0.2, 0.25) is 5.91 Å². The first kappa shape index (κ1) is 16.4. The predicted octanol–water partition coefficient (Wildman–Crippen LogP) is 2.41. The standard InChI is InChI=1S/C15H20N4O2S/c1-4-9-19-14(21)17-18-15(19)22-11(3)13(20)16-12-7-5-10(2)6-8-12/h5-8,11H,4,9H2,1-3H3,(H,16,20)(H,17,21)/t11-/m0/s1. The van der Waals surface area contributed by atoms with Crippen molar-refractivity contribution in [2.45, 2.75) is 44.1 Å². The lowest BCUT2D eigenvalue weighted by molar-refractivity contribution is -0.115. The molecule has 1 aromatic carbocycles. The van der Waals surface area contributed by atoms with E-state index in [1.54, 1.807) is 11.5 Å². The van der Waals surface area contributed by atoms with Gasteiger partial charge in [-0.3, -0.25) is 9.36 Å². The summed E-state index contributed by atoms with van der Waals surface area (Å²) in [7, 11) is 0. The molecule has 2 aromatic rings. The first-order chi connectivity index (χ1) is 10.5. The number of aryl methyl sites for hydroxylation is 1. The van der Waals surface area contributed by atoms with Crippen LogP contribution in [0.5, 0.6) is 0 Å². The molecule has 0 saturated carbocycles. The monoisotopic (exact) mass is 320 g/mol. The van der Waals surface area contributed by atoms with Crippen molar-refractivity contribution in [1.29, 1.82) is 0 Å². The molecule has 0 bridgehead atoms. The molecule has 0 fully saturated rings. The Hall–Kier alpha value is -2.02. The third kappa shape index (κ3) is 4.00. The van der Waals surface area contributed by atoms with E-state index in [2.05, 4.69) is 15.5 Å². The first-order valence-corrected chi connectivity index (χ1v) is 8.08. The van der Waals surface area contributed by atoms with Crippen LogP contribution in [0, 0.1) is 6.92 Å². The van der Waals surface area contributed by atoms with Gasteiger partial charge in [0, 0.05) is 12.2 Å². The van der Waals surface area contributed by atoms with Gasteiger partial charge in [-0.1, -0.05) is 36.4 Å². The van der Waals surface area contributed by atoms with Gasteiger partial charge in [-0.05, 0) is 32.4 Å². The number of benzene rings is 1. The van der Waals surface area contributed by atoms with Crippen LogP contribution >= 0.6 is 11.8 Å². The molecule has 1 atom stereocenters. The van der Waals surface area contributed by atoms with E-state index < -0.39 is 0 Å². The molecular weight excluding hydrogens is 300 g/mol. The van der Waals surface area contributed by atoms with Gasteiger partial charge < -0.3 is 5.32 Å². The average Bonchev–Trinajstić information content (AvgIpc) is 2.83. The number of H-pyrrole nitrogens is 1. The largest absolute Gasteiger partial charge is 0.343 e. The van der Waals surface area contributed by atoms with E-state index in [0.29, 0.717) is 11.7 Å². The summed E-state index contributed by atoms with van der Waals surface area (Å²) in [5.41, 5.74) is 1.66. The van der Waals surface area contributed by atoms with Crippen molar-refractivity contribution in [2.75, 3.05) is 5.32 Å². The third-order valence-electron chi connectivity index (χ3n) is 3.14. The van der Waals surface area contributed by atoms with Crippen LogP contribution in [-0.2, 0) is 11.3 Å². The minimum absolute atomic E-state index is 0.118. The minimum Gasteiger partial charge on any atom is -0.325 e. The zero-order valence-electron chi connectivity index (χ0n) is 12.9. The molecule has 2 rings (SSSR count). The van der Waals surface area contributed by atoms with Crippen molar-refractivity contribution in [3.05, 3.63) is 40.3 Å². The van der Waals surface area contributed by atoms with Gasteiger partial charge in [-0.2, -0.15) is 0 Å². The highest BCUT2D eigenvalue weighted by atomic mass is 32.2. The van der Waals surface area contributed by atoms with Gasteiger partial charge in [-0.15, -0.1) is 5.10 Å². The number of aromatic nitrogens is 3. The maximum atomic E-state index is 12.2. The Bertz CT molecular complexity index is 690. The number of amides is 1. The number of hydrogen-bond acceptors (Lipinski definition) is 4. The van der Waals surface area contributed by atoms with Gasteiger partial charge in [-0.25, -0.2) is 9.89 Å². The van der Waals surface area contributed by atoms with Crippen LogP contribution in [0.25, 0.3) is 0 Å². The van der Waals surface area contributed by atoms with Gasteiger partial charge in [0.05, 0.1) is 5.25 Å². The number of rotatable bonds is 6. The molecule has 1 heterocycles. The van der Waals surface area contributed by atoms with E-state index in [-0.39, 0.29) is 16.8 Å². The Morgan fingerprint density at radius 2 is 2.09 bits per heavy atom. The minimum atomic E-state index is -0.355. The number of nitrogens with one attached hydrogen (secondary N) is 2. The molecule has 0 aliphatic heterocycles. The van der Waals surface area contributed by atoms with Crippen LogP contribution in [0.4, 0.5) is 5.69 Å². The zero-order chi connectivity index (χ0) is 16.1. The zero-order valence-corrected chi connectivity index (χ0v) is 13.7. The van der Waals surface area contributed by atoms with Crippen molar-refractivity contribution in [1.82, 2.24) is 14.8 Å². The molecule has 0 aliphatic carbocycles. The molecule has 0 saturated heterocycles. The fraction of sp³-hybridized carbons (Fsp3) is 0.400. The second kappa shape index (κ2) is 7.31. The SMILES string of the molecule is CCCn1c(S[C@@H](C)C(=O)Nc2ccc(C)cc2)n[nH]c1=O. The molecular formula is C15H20N4O2S. The number of carbonyl (C=O) groups excluding carboxylic acids is 1. The molecule has 2 N–H and O–H groups in total. The topological polar surface area (TPSA) is 79.8 Å². The molecule has 1 aromatic heterocycles. The summed E-state index contributed by atoms with van der Waals surface area (Å²) >= 11 is 1.27. The second-order valence-corrected chi connectivity index (χ2v) is 6.39. The molecule has 7 heteroatoms. The average molecular weight is 320 g/mol. The van der Waals surface area contributed by atoms with E-state index >= 15 is 0 Å². The van der Waals surface area contributed by atoms with Crippen molar-refractivity contribution in [3.63, 3.8) is 0 Å². The van der Waals surface area contributed by atoms with E-state index in [4.69, 9.17) is 0 Å². The Labute approximate surface area is 133 Å². The number of anilines is 1. The fourth-order valence-electron chi connectivity index (χ4n) is 1.91. The summed E-state index contributed by atoms with van der Waals surface area (Å²) in [5, 5.41) is 9.46. The Balaban J connectivity index is 2.02. The van der Waals surface area contributed by atoms with E-state index in [1.165, 1.54) is 11.8 Å². The van der Waals surface area contributed by atoms with Crippen LogP contribution in [0.15, 0.2) is 34.2 Å².